The highest BCUT2D eigenvalue weighted by Crippen LogP contribution is 2.21. The van der Waals surface area contributed by atoms with Gasteiger partial charge in [0.1, 0.15) is 0 Å². The fraction of sp³-hybridized carbons (Fsp3) is 0.632. The van der Waals surface area contributed by atoms with Crippen LogP contribution >= 0.6 is 11.3 Å². The molecular formula is C19H28N2O2S. The van der Waals surface area contributed by atoms with Crippen molar-refractivity contribution in [2.24, 2.45) is 5.92 Å². The fourth-order valence-electron chi connectivity index (χ4n) is 3.78. The first kappa shape index (κ1) is 17.6. The molecule has 0 unspecified atom stereocenters. The van der Waals surface area contributed by atoms with Gasteiger partial charge in [0.25, 0.3) is 0 Å². The molecule has 1 aromatic heterocycles. The van der Waals surface area contributed by atoms with Crippen LogP contribution in [-0.4, -0.2) is 60.6 Å². The van der Waals surface area contributed by atoms with E-state index in [1.54, 1.807) is 17.4 Å². The second-order valence-electron chi connectivity index (χ2n) is 7.13. The molecule has 4 nitrogen and oxygen atoms in total. The van der Waals surface area contributed by atoms with E-state index in [0.29, 0.717) is 18.1 Å². The van der Waals surface area contributed by atoms with Crippen LogP contribution in [0.5, 0.6) is 0 Å². The monoisotopic (exact) mass is 348 g/mol. The molecular weight excluding hydrogens is 320 g/mol. The van der Waals surface area contributed by atoms with Gasteiger partial charge in [-0.1, -0.05) is 0 Å². The number of hydrogen-bond donors (Lipinski definition) is 0. The molecule has 2 aliphatic heterocycles. The molecule has 1 aromatic rings. The molecule has 132 valence electrons. The van der Waals surface area contributed by atoms with Crippen molar-refractivity contribution >= 4 is 23.3 Å². The van der Waals surface area contributed by atoms with Crippen LogP contribution in [0.1, 0.15) is 32.3 Å². The van der Waals surface area contributed by atoms with Crippen molar-refractivity contribution in [1.82, 2.24) is 9.80 Å². The van der Waals surface area contributed by atoms with Crippen LogP contribution in [-0.2, 0) is 9.53 Å². The summed E-state index contributed by atoms with van der Waals surface area (Å²) in [4.78, 5) is 16.8. The summed E-state index contributed by atoms with van der Waals surface area (Å²) >= 11 is 1.65. The number of hydrogen-bond acceptors (Lipinski definition) is 4. The van der Waals surface area contributed by atoms with Gasteiger partial charge in [-0.3, -0.25) is 9.69 Å². The quantitative estimate of drug-likeness (QED) is 0.784. The summed E-state index contributed by atoms with van der Waals surface area (Å²) in [6.07, 6.45) is 6.51. The molecule has 0 saturated carbocycles. The van der Waals surface area contributed by atoms with Gasteiger partial charge in [-0.05, 0) is 61.1 Å². The first-order valence-corrected chi connectivity index (χ1v) is 9.91. The maximum absolute atomic E-state index is 12.3. The largest absolute Gasteiger partial charge is 0.373 e. The van der Waals surface area contributed by atoms with Crippen LogP contribution in [0, 0.1) is 5.92 Å². The Morgan fingerprint density at radius 2 is 2.00 bits per heavy atom. The third-order valence-electron chi connectivity index (χ3n) is 4.90. The van der Waals surface area contributed by atoms with Gasteiger partial charge in [-0.15, -0.1) is 0 Å². The van der Waals surface area contributed by atoms with Crippen LogP contribution in [0.3, 0.4) is 0 Å². The van der Waals surface area contributed by atoms with Crippen LogP contribution in [0.2, 0.25) is 0 Å². The second kappa shape index (κ2) is 8.28. The molecule has 3 rings (SSSR count). The number of thiophene rings is 1. The Morgan fingerprint density at radius 1 is 1.29 bits per heavy atom. The van der Waals surface area contributed by atoms with E-state index in [1.807, 2.05) is 22.4 Å². The standard InChI is InChI=1S/C19H28N2O2S/c1-15-11-20(12-16(2)23-15)13-17-5-8-21(9-6-17)19(22)4-3-18-7-10-24-14-18/h3-4,7,10,14-17H,5-6,8-9,11-13H2,1-2H3/b4-3+/t15-,16-/m1/s1. The number of morpholine rings is 1. The van der Waals surface area contributed by atoms with E-state index in [9.17, 15) is 4.79 Å². The van der Waals surface area contributed by atoms with Gasteiger partial charge < -0.3 is 9.64 Å². The van der Waals surface area contributed by atoms with Crippen LogP contribution in [0.4, 0.5) is 0 Å². The van der Waals surface area contributed by atoms with Gasteiger partial charge in [0.05, 0.1) is 12.2 Å². The van der Waals surface area contributed by atoms with Gasteiger partial charge in [-0.2, -0.15) is 11.3 Å². The average Bonchev–Trinajstić information content (AvgIpc) is 3.06. The van der Waals surface area contributed by atoms with Gasteiger partial charge in [0.2, 0.25) is 5.91 Å². The molecule has 0 aliphatic carbocycles. The highest BCUT2D eigenvalue weighted by molar-refractivity contribution is 7.08. The first-order chi connectivity index (χ1) is 11.6. The molecule has 0 spiro atoms. The van der Waals surface area contributed by atoms with Crippen molar-refractivity contribution in [1.29, 1.82) is 0 Å². The van der Waals surface area contributed by atoms with E-state index in [1.165, 1.54) is 0 Å². The summed E-state index contributed by atoms with van der Waals surface area (Å²) in [7, 11) is 0. The van der Waals surface area contributed by atoms with E-state index in [0.717, 1.165) is 51.1 Å². The van der Waals surface area contributed by atoms with E-state index in [-0.39, 0.29) is 5.91 Å². The van der Waals surface area contributed by atoms with Crippen molar-refractivity contribution in [2.75, 3.05) is 32.7 Å². The third-order valence-corrected chi connectivity index (χ3v) is 5.60. The Kier molecular flexibility index (Phi) is 6.09. The number of likely N-dealkylation sites (tertiary alicyclic amines) is 1. The summed E-state index contributed by atoms with van der Waals surface area (Å²) in [5.41, 5.74) is 1.11. The van der Waals surface area contributed by atoms with Crippen molar-refractivity contribution in [3.05, 3.63) is 28.5 Å². The predicted molar refractivity (Wildman–Crippen MR) is 99.1 cm³/mol. The summed E-state index contributed by atoms with van der Waals surface area (Å²) in [6.45, 7) is 9.29. The van der Waals surface area contributed by atoms with Gasteiger partial charge >= 0.3 is 0 Å². The Morgan fingerprint density at radius 3 is 2.62 bits per heavy atom. The molecule has 1 amide bonds. The minimum atomic E-state index is 0.147. The van der Waals surface area contributed by atoms with Crippen LogP contribution < -0.4 is 0 Å². The number of amides is 1. The number of piperidine rings is 1. The summed E-state index contributed by atoms with van der Waals surface area (Å²) in [6, 6.07) is 2.03. The minimum absolute atomic E-state index is 0.147. The summed E-state index contributed by atoms with van der Waals surface area (Å²) in [5.74, 6) is 0.848. The Hall–Kier alpha value is -1.17. The lowest BCUT2D eigenvalue weighted by Gasteiger charge is -2.39. The van der Waals surface area contributed by atoms with Crippen LogP contribution in [0.15, 0.2) is 22.9 Å². The molecule has 0 radical (unpaired) electrons. The molecule has 0 aromatic carbocycles. The zero-order valence-electron chi connectivity index (χ0n) is 14.7. The molecule has 2 saturated heterocycles. The Labute approximate surface area is 149 Å². The molecule has 0 bridgehead atoms. The number of rotatable bonds is 4. The normalized spacial score (nSPS) is 27.0. The lowest BCUT2D eigenvalue weighted by molar-refractivity contribution is -0.127. The molecule has 3 heterocycles. The number of nitrogens with zero attached hydrogens (tertiary/aromatic N) is 2. The van der Waals surface area contributed by atoms with E-state index in [4.69, 9.17) is 4.74 Å². The van der Waals surface area contributed by atoms with Crippen molar-refractivity contribution in [3.63, 3.8) is 0 Å². The topological polar surface area (TPSA) is 32.8 Å². The SMILES string of the molecule is C[C@@H]1CN(CC2CCN(C(=O)/C=C/c3ccsc3)CC2)C[C@@H](C)O1. The molecule has 2 atom stereocenters. The van der Waals surface area contributed by atoms with Gasteiger partial charge in [0.15, 0.2) is 0 Å². The van der Waals surface area contributed by atoms with Gasteiger partial charge in [-0.25, -0.2) is 0 Å². The molecule has 24 heavy (non-hydrogen) atoms. The summed E-state index contributed by atoms with van der Waals surface area (Å²) < 4.78 is 5.81. The average molecular weight is 349 g/mol. The number of ether oxygens (including phenoxy) is 1. The highest BCUT2D eigenvalue weighted by Gasteiger charge is 2.27. The van der Waals surface area contributed by atoms with Gasteiger partial charge in [0, 0.05) is 38.8 Å². The summed E-state index contributed by atoms with van der Waals surface area (Å²) in [5, 5.41) is 4.09. The molecule has 2 fully saturated rings. The van der Waals surface area contributed by atoms with Crippen molar-refractivity contribution < 1.29 is 9.53 Å². The lowest BCUT2D eigenvalue weighted by Crippen LogP contribution is -2.48. The predicted octanol–water partition coefficient (Wildman–Crippen LogP) is 3.11. The first-order valence-electron chi connectivity index (χ1n) is 8.97. The van der Waals surface area contributed by atoms with Crippen LogP contribution in [0.25, 0.3) is 6.08 Å². The number of carbonyl (C=O) groups is 1. The van der Waals surface area contributed by atoms with E-state index >= 15 is 0 Å². The fourth-order valence-corrected chi connectivity index (χ4v) is 4.41. The molecule has 0 N–H and O–H groups in total. The maximum atomic E-state index is 12.3. The Bertz CT molecular complexity index is 540. The minimum Gasteiger partial charge on any atom is -0.373 e. The zero-order chi connectivity index (χ0) is 16.9. The van der Waals surface area contributed by atoms with Crippen molar-refractivity contribution in [2.45, 2.75) is 38.9 Å². The lowest BCUT2D eigenvalue weighted by atomic mass is 9.95. The Balaban J connectivity index is 1.43. The van der Waals surface area contributed by atoms with Crippen molar-refractivity contribution in [3.8, 4) is 0 Å². The number of carbonyl (C=O) groups excluding carboxylic acids is 1. The third kappa shape index (κ3) is 4.91. The molecule has 2 aliphatic rings. The zero-order valence-corrected chi connectivity index (χ0v) is 15.5. The second-order valence-corrected chi connectivity index (χ2v) is 7.91. The molecule has 5 heteroatoms. The smallest absolute Gasteiger partial charge is 0.246 e. The van der Waals surface area contributed by atoms with E-state index in [2.05, 4.69) is 24.1 Å². The maximum Gasteiger partial charge on any atom is 0.246 e. The van der Waals surface area contributed by atoms with E-state index < -0.39 is 0 Å². The highest BCUT2D eigenvalue weighted by atomic mass is 32.1.